The minimum absolute atomic E-state index is 0.0420. The molecule has 0 fully saturated rings. The Labute approximate surface area is 111 Å². The fourth-order valence-corrected chi connectivity index (χ4v) is 2.15. The van der Waals surface area contributed by atoms with Crippen molar-refractivity contribution in [3.63, 3.8) is 0 Å². The van der Waals surface area contributed by atoms with Crippen LogP contribution in [0.25, 0.3) is 10.9 Å². The van der Waals surface area contributed by atoms with Gasteiger partial charge in [0.25, 0.3) is 0 Å². The van der Waals surface area contributed by atoms with E-state index in [1.165, 1.54) is 19.1 Å². The molecule has 0 saturated carbocycles. The van der Waals surface area contributed by atoms with E-state index in [0.29, 0.717) is 0 Å². The van der Waals surface area contributed by atoms with Crippen LogP contribution < -0.4 is 5.73 Å². The highest BCUT2D eigenvalue weighted by Gasteiger charge is 2.36. The molecule has 0 spiro atoms. The number of fused-ring (bicyclic) bond motifs is 1. The fourth-order valence-electron chi connectivity index (χ4n) is 1.69. The van der Waals surface area contributed by atoms with Crippen LogP contribution in [0.2, 0.25) is 10.0 Å². The van der Waals surface area contributed by atoms with Crippen LogP contribution in [0.3, 0.4) is 0 Å². The van der Waals surface area contributed by atoms with Gasteiger partial charge in [-0.15, -0.1) is 0 Å². The number of nitrogen functional groups attached to an aromatic ring is 1. The predicted molar refractivity (Wildman–Crippen MR) is 65.9 cm³/mol. The van der Waals surface area contributed by atoms with Gasteiger partial charge >= 0.3 is 6.18 Å². The number of pyridine rings is 1. The van der Waals surface area contributed by atoms with Gasteiger partial charge in [-0.2, -0.15) is 13.2 Å². The zero-order valence-electron chi connectivity index (χ0n) is 9.07. The number of aromatic nitrogens is 1. The molecular weight excluding hydrogens is 288 g/mol. The lowest BCUT2D eigenvalue weighted by Crippen LogP contribution is -2.12. The van der Waals surface area contributed by atoms with Crippen molar-refractivity contribution in [1.82, 2.24) is 4.98 Å². The Morgan fingerprint density at radius 2 is 1.72 bits per heavy atom. The molecular formula is C11H7Cl2F3N2. The third-order valence-electron chi connectivity index (χ3n) is 2.60. The highest BCUT2D eigenvalue weighted by Crippen LogP contribution is 2.39. The summed E-state index contributed by atoms with van der Waals surface area (Å²) in [6.07, 6.45) is -4.59. The second-order valence-electron chi connectivity index (χ2n) is 3.75. The number of anilines is 1. The summed E-state index contributed by atoms with van der Waals surface area (Å²) in [7, 11) is 0. The third-order valence-corrected chi connectivity index (χ3v) is 3.22. The molecule has 2 N–H and O–H groups in total. The molecule has 0 aliphatic carbocycles. The first-order valence-corrected chi connectivity index (χ1v) is 5.60. The zero-order chi connectivity index (χ0) is 13.7. The van der Waals surface area contributed by atoms with Crippen LogP contribution in [0.4, 0.5) is 18.9 Å². The largest absolute Gasteiger partial charge is 0.433 e. The summed E-state index contributed by atoms with van der Waals surface area (Å²) in [4.78, 5) is 3.55. The number of alkyl halides is 3. The Morgan fingerprint density at radius 3 is 2.28 bits per heavy atom. The molecule has 0 aliphatic rings. The van der Waals surface area contributed by atoms with E-state index in [1.54, 1.807) is 0 Å². The lowest BCUT2D eigenvalue weighted by molar-refractivity contribution is -0.141. The minimum atomic E-state index is -4.59. The molecule has 1 aromatic carbocycles. The van der Waals surface area contributed by atoms with Crippen molar-refractivity contribution in [3.05, 3.63) is 33.4 Å². The molecule has 7 heteroatoms. The summed E-state index contributed by atoms with van der Waals surface area (Å²) in [5.74, 6) is 0. The van der Waals surface area contributed by atoms with E-state index in [-0.39, 0.29) is 32.2 Å². The van der Waals surface area contributed by atoms with Crippen molar-refractivity contribution in [2.75, 3.05) is 5.73 Å². The summed E-state index contributed by atoms with van der Waals surface area (Å²) < 4.78 is 38.4. The van der Waals surface area contributed by atoms with Gasteiger partial charge < -0.3 is 5.73 Å². The quantitative estimate of drug-likeness (QED) is 0.779. The molecule has 0 bridgehead atoms. The fraction of sp³-hybridized carbons (Fsp3) is 0.182. The molecule has 0 unspecified atom stereocenters. The molecule has 0 amide bonds. The molecule has 1 aromatic heterocycles. The van der Waals surface area contributed by atoms with Crippen LogP contribution in [0.15, 0.2) is 12.1 Å². The number of rotatable bonds is 0. The van der Waals surface area contributed by atoms with Gasteiger partial charge in [0.15, 0.2) is 0 Å². The van der Waals surface area contributed by atoms with E-state index in [9.17, 15) is 13.2 Å². The highest BCUT2D eigenvalue weighted by molar-refractivity contribution is 6.40. The van der Waals surface area contributed by atoms with E-state index in [1.807, 2.05) is 0 Å². The molecule has 0 atom stereocenters. The molecule has 1 heterocycles. The first kappa shape index (κ1) is 13.2. The van der Waals surface area contributed by atoms with Gasteiger partial charge in [0.05, 0.1) is 15.6 Å². The first-order valence-electron chi connectivity index (χ1n) is 4.84. The summed E-state index contributed by atoms with van der Waals surface area (Å²) in [5, 5.41) is 0.539. The highest BCUT2D eigenvalue weighted by atomic mass is 35.5. The van der Waals surface area contributed by atoms with Crippen molar-refractivity contribution >= 4 is 39.8 Å². The smallest absolute Gasteiger partial charge is 0.398 e. The molecule has 2 nitrogen and oxygen atoms in total. The summed E-state index contributed by atoms with van der Waals surface area (Å²) >= 11 is 11.7. The maximum atomic E-state index is 12.8. The molecule has 18 heavy (non-hydrogen) atoms. The topological polar surface area (TPSA) is 38.9 Å². The van der Waals surface area contributed by atoms with E-state index < -0.39 is 11.9 Å². The minimum Gasteiger partial charge on any atom is -0.398 e. The number of hydrogen-bond donors (Lipinski definition) is 1. The van der Waals surface area contributed by atoms with Gasteiger partial charge in [-0.05, 0) is 19.1 Å². The average Bonchev–Trinajstić information content (AvgIpc) is 2.26. The Morgan fingerprint density at radius 1 is 1.17 bits per heavy atom. The second-order valence-corrected chi connectivity index (χ2v) is 4.56. The molecule has 96 valence electrons. The van der Waals surface area contributed by atoms with Crippen molar-refractivity contribution in [3.8, 4) is 0 Å². The average molecular weight is 295 g/mol. The third kappa shape index (κ3) is 1.97. The first-order chi connectivity index (χ1) is 8.23. The Hall–Kier alpha value is -1.20. The predicted octanol–water partition coefficient (Wildman–Crippen LogP) is 4.45. The summed E-state index contributed by atoms with van der Waals surface area (Å²) in [6, 6.07) is 2.85. The monoisotopic (exact) mass is 294 g/mol. The molecule has 0 radical (unpaired) electrons. The Kier molecular flexibility index (Phi) is 3.07. The molecule has 2 aromatic rings. The van der Waals surface area contributed by atoms with Gasteiger partial charge in [-0.3, -0.25) is 0 Å². The number of benzene rings is 1. The van der Waals surface area contributed by atoms with Crippen LogP contribution in [-0.4, -0.2) is 4.98 Å². The maximum Gasteiger partial charge on any atom is 0.433 e. The number of halogens is 5. The van der Waals surface area contributed by atoms with Gasteiger partial charge in [0.1, 0.15) is 5.69 Å². The van der Waals surface area contributed by atoms with Crippen LogP contribution in [-0.2, 0) is 6.18 Å². The van der Waals surface area contributed by atoms with Crippen molar-refractivity contribution in [2.24, 2.45) is 0 Å². The van der Waals surface area contributed by atoms with Crippen molar-refractivity contribution < 1.29 is 13.2 Å². The van der Waals surface area contributed by atoms with Crippen LogP contribution >= 0.6 is 23.2 Å². The van der Waals surface area contributed by atoms with Gasteiger partial charge in [-0.25, -0.2) is 4.98 Å². The standard InChI is InChI=1S/C11H7Cl2F3N2/c1-4-8(17)7-5(12)2-3-6(13)9(7)18-10(4)11(14,15)16/h2-3H,1H3,(H2,17,18). The van der Waals surface area contributed by atoms with Gasteiger partial charge in [0, 0.05) is 16.6 Å². The Bertz CT molecular complexity index is 638. The summed E-state index contributed by atoms with van der Waals surface area (Å²) in [6.45, 7) is 1.25. The van der Waals surface area contributed by atoms with E-state index in [4.69, 9.17) is 28.9 Å². The lowest BCUT2D eigenvalue weighted by Gasteiger charge is -2.14. The van der Waals surface area contributed by atoms with Crippen LogP contribution in [0.1, 0.15) is 11.3 Å². The summed E-state index contributed by atoms with van der Waals surface area (Å²) in [5.41, 5.74) is 4.41. The normalized spacial score (nSPS) is 12.1. The number of nitrogens with two attached hydrogens (primary N) is 1. The number of hydrogen-bond acceptors (Lipinski definition) is 2. The van der Waals surface area contributed by atoms with Gasteiger partial charge in [-0.1, -0.05) is 23.2 Å². The molecule has 2 rings (SSSR count). The van der Waals surface area contributed by atoms with Crippen LogP contribution in [0.5, 0.6) is 0 Å². The second kappa shape index (κ2) is 4.17. The van der Waals surface area contributed by atoms with Crippen LogP contribution in [0, 0.1) is 6.92 Å². The SMILES string of the molecule is Cc1c(C(F)(F)F)nc2c(Cl)ccc(Cl)c2c1N. The van der Waals surface area contributed by atoms with E-state index in [2.05, 4.69) is 4.98 Å². The molecule has 0 saturated heterocycles. The lowest BCUT2D eigenvalue weighted by atomic mass is 10.1. The zero-order valence-corrected chi connectivity index (χ0v) is 10.6. The molecule has 0 aliphatic heterocycles. The van der Waals surface area contributed by atoms with Crippen molar-refractivity contribution in [1.29, 1.82) is 0 Å². The van der Waals surface area contributed by atoms with Gasteiger partial charge in [0.2, 0.25) is 0 Å². The van der Waals surface area contributed by atoms with E-state index >= 15 is 0 Å². The van der Waals surface area contributed by atoms with E-state index in [0.717, 1.165) is 0 Å². The maximum absolute atomic E-state index is 12.8. The number of nitrogens with zero attached hydrogens (tertiary/aromatic N) is 1. The van der Waals surface area contributed by atoms with Crippen molar-refractivity contribution in [2.45, 2.75) is 13.1 Å². The Balaban J connectivity index is 2.97.